The molecule has 0 spiro atoms. The fourth-order valence-corrected chi connectivity index (χ4v) is 3.87. The van der Waals surface area contributed by atoms with Crippen LogP contribution in [0.25, 0.3) is 0 Å². The number of aromatic amines is 1. The first-order chi connectivity index (χ1) is 15.7. The van der Waals surface area contributed by atoms with Crippen LogP contribution in [0, 0.1) is 0 Å². The Kier molecular flexibility index (Phi) is 7.30. The molecule has 4 rings (SSSR count). The van der Waals surface area contributed by atoms with Crippen molar-refractivity contribution in [3.8, 4) is 11.5 Å². The lowest BCUT2D eigenvalue weighted by Crippen LogP contribution is -2.48. The second kappa shape index (κ2) is 10.7. The molecular weight excluding hydrogens is 404 g/mol. The number of rotatable bonds is 9. The molecule has 1 saturated heterocycles. The van der Waals surface area contributed by atoms with E-state index in [4.69, 9.17) is 9.47 Å². The van der Waals surface area contributed by atoms with Gasteiger partial charge in [0.15, 0.2) is 0 Å². The minimum absolute atomic E-state index is 0.0595. The van der Waals surface area contributed by atoms with Crippen molar-refractivity contribution >= 4 is 11.6 Å². The highest BCUT2D eigenvalue weighted by Gasteiger charge is 2.19. The first-order valence-electron chi connectivity index (χ1n) is 11.0. The van der Waals surface area contributed by atoms with Crippen LogP contribution in [0.4, 0.5) is 5.69 Å². The van der Waals surface area contributed by atoms with Crippen LogP contribution in [-0.2, 0) is 6.61 Å². The number of nitrogens with zero attached hydrogens (tertiary/aromatic N) is 2. The van der Waals surface area contributed by atoms with Gasteiger partial charge in [-0.1, -0.05) is 24.3 Å². The quantitative estimate of drug-likeness (QED) is 0.542. The van der Waals surface area contributed by atoms with Crippen molar-refractivity contribution in [2.75, 3.05) is 51.3 Å². The number of methoxy groups -OCH3 is 1. The highest BCUT2D eigenvalue weighted by molar-refractivity contribution is 5.92. The fraction of sp³-hybridized carbons (Fsp3) is 0.320. The summed E-state index contributed by atoms with van der Waals surface area (Å²) in [7, 11) is 1.67. The molecule has 1 amide bonds. The number of amides is 1. The molecule has 0 bridgehead atoms. The molecule has 2 heterocycles. The summed E-state index contributed by atoms with van der Waals surface area (Å²) < 4.78 is 11.5. The molecule has 0 aliphatic carbocycles. The van der Waals surface area contributed by atoms with E-state index in [0.29, 0.717) is 18.8 Å². The predicted molar refractivity (Wildman–Crippen MR) is 126 cm³/mol. The third-order valence-electron chi connectivity index (χ3n) is 5.66. The Hall–Kier alpha value is -3.45. The van der Waals surface area contributed by atoms with Crippen LogP contribution in [0.2, 0.25) is 0 Å². The number of hydrogen-bond acceptors (Lipinski definition) is 5. The zero-order valence-corrected chi connectivity index (χ0v) is 18.4. The van der Waals surface area contributed by atoms with Crippen LogP contribution < -0.4 is 19.7 Å². The minimum Gasteiger partial charge on any atom is -0.497 e. The topological polar surface area (TPSA) is 69.8 Å². The smallest absolute Gasteiger partial charge is 0.267 e. The van der Waals surface area contributed by atoms with Gasteiger partial charge >= 0.3 is 0 Å². The van der Waals surface area contributed by atoms with Crippen molar-refractivity contribution in [2.24, 2.45) is 0 Å². The number of aromatic nitrogens is 1. The molecule has 3 aromatic rings. The van der Waals surface area contributed by atoms with E-state index >= 15 is 0 Å². The lowest BCUT2D eigenvalue weighted by Gasteiger charge is -2.36. The Balaban J connectivity index is 1.26. The summed E-state index contributed by atoms with van der Waals surface area (Å²) in [6.07, 6.45) is 1.76. The number of piperazine rings is 1. The van der Waals surface area contributed by atoms with Gasteiger partial charge in [-0.25, -0.2) is 0 Å². The van der Waals surface area contributed by atoms with Gasteiger partial charge in [-0.3, -0.25) is 9.69 Å². The number of carbonyl (C=O) groups is 1. The van der Waals surface area contributed by atoms with E-state index in [1.807, 2.05) is 42.5 Å². The first kappa shape index (κ1) is 21.8. The number of H-pyrrole nitrogens is 1. The average molecular weight is 435 g/mol. The summed E-state index contributed by atoms with van der Waals surface area (Å²) in [6.45, 7) is 5.71. The van der Waals surface area contributed by atoms with Gasteiger partial charge in [0.1, 0.15) is 23.8 Å². The highest BCUT2D eigenvalue weighted by atomic mass is 16.5. The van der Waals surface area contributed by atoms with Gasteiger partial charge in [0.05, 0.1) is 12.8 Å². The van der Waals surface area contributed by atoms with E-state index in [-0.39, 0.29) is 5.91 Å². The van der Waals surface area contributed by atoms with Gasteiger partial charge in [0, 0.05) is 45.5 Å². The summed E-state index contributed by atoms with van der Waals surface area (Å²) in [6, 6.07) is 19.8. The van der Waals surface area contributed by atoms with E-state index in [2.05, 4.69) is 32.2 Å². The summed E-state index contributed by atoms with van der Waals surface area (Å²) in [5.41, 5.74) is 2.79. The van der Waals surface area contributed by atoms with Crippen molar-refractivity contribution in [3.05, 3.63) is 78.1 Å². The van der Waals surface area contributed by atoms with Crippen molar-refractivity contribution in [1.82, 2.24) is 15.2 Å². The normalized spacial score (nSPS) is 14.2. The van der Waals surface area contributed by atoms with Gasteiger partial charge in [0.25, 0.3) is 5.91 Å². The maximum Gasteiger partial charge on any atom is 0.267 e. The number of benzene rings is 2. The lowest BCUT2D eigenvalue weighted by atomic mass is 10.2. The zero-order chi connectivity index (χ0) is 22.2. The molecule has 0 radical (unpaired) electrons. The minimum atomic E-state index is -0.0595. The standard InChI is InChI=1S/C25H30N4O3/c1-31-21-7-4-6-20(18-21)19-32-24-10-3-2-9-23(24)29-16-14-28(15-17-29)13-12-27-25(30)22-8-5-11-26-22/h2-11,18,26H,12-17,19H2,1H3,(H,27,30). The molecule has 0 atom stereocenters. The highest BCUT2D eigenvalue weighted by Crippen LogP contribution is 2.29. The molecule has 2 N–H and O–H groups in total. The Morgan fingerprint density at radius 1 is 1.03 bits per heavy atom. The fourth-order valence-electron chi connectivity index (χ4n) is 3.87. The number of nitrogens with one attached hydrogen (secondary N) is 2. The summed E-state index contributed by atoms with van der Waals surface area (Å²) in [5, 5.41) is 2.97. The number of para-hydroxylation sites is 2. The SMILES string of the molecule is COc1cccc(COc2ccccc2N2CCN(CCNC(=O)c3ccc[nH]3)CC2)c1. The summed E-state index contributed by atoms with van der Waals surface area (Å²) in [5.74, 6) is 1.66. The van der Waals surface area contributed by atoms with Crippen molar-refractivity contribution < 1.29 is 14.3 Å². The van der Waals surface area contributed by atoms with Gasteiger partial charge < -0.3 is 24.7 Å². The van der Waals surface area contributed by atoms with E-state index < -0.39 is 0 Å². The second-order valence-electron chi connectivity index (χ2n) is 7.78. The van der Waals surface area contributed by atoms with Crippen LogP contribution in [0.3, 0.4) is 0 Å². The van der Waals surface area contributed by atoms with Crippen LogP contribution in [0.5, 0.6) is 11.5 Å². The number of anilines is 1. The molecule has 0 unspecified atom stereocenters. The van der Waals surface area contributed by atoms with Crippen LogP contribution in [0.15, 0.2) is 66.9 Å². The third-order valence-corrected chi connectivity index (χ3v) is 5.66. The Labute approximate surface area is 188 Å². The third kappa shape index (κ3) is 5.62. The molecule has 168 valence electrons. The molecule has 1 aromatic heterocycles. The number of ether oxygens (including phenoxy) is 2. The van der Waals surface area contributed by atoms with E-state index in [0.717, 1.165) is 55.5 Å². The Bertz CT molecular complexity index is 998. The average Bonchev–Trinajstić information content (AvgIpc) is 3.39. The molecular formula is C25H30N4O3. The van der Waals surface area contributed by atoms with Crippen LogP contribution in [0.1, 0.15) is 16.1 Å². The van der Waals surface area contributed by atoms with E-state index in [9.17, 15) is 4.79 Å². The second-order valence-corrected chi connectivity index (χ2v) is 7.78. The maximum atomic E-state index is 12.0. The molecule has 1 aliphatic heterocycles. The van der Waals surface area contributed by atoms with Crippen LogP contribution in [-0.4, -0.2) is 62.2 Å². The molecule has 1 aliphatic rings. The summed E-state index contributed by atoms with van der Waals surface area (Å²) in [4.78, 5) is 19.7. The van der Waals surface area contributed by atoms with Gasteiger partial charge in [-0.2, -0.15) is 0 Å². The van der Waals surface area contributed by atoms with Crippen molar-refractivity contribution in [2.45, 2.75) is 6.61 Å². The molecule has 0 saturated carbocycles. The van der Waals surface area contributed by atoms with Crippen molar-refractivity contribution in [1.29, 1.82) is 0 Å². The molecule has 7 nitrogen and oxygen atoms in total. The summed E-state index contributed by atoms with van der Waals surface area (Å²) >= 11 is 0. The largest absolute Gasteiger partial charge is 0.497 e. The molecule has 7 heteroatoms. The first-order valence-corrected chi connectivity index (χ1v) is 11.0. The predicted octanol–water partition coefficient (Wildman–Crippen LogP) is 3.15. The lowest BCUT2D eigenvalue weighted by molar-refractivity contribution is 0.0943. The van der Waals surface area contributed by atoms with Gasteiger partial charge in [0.2, 0.25) is 0 Å². The number of carbonyl (C=O) groups excluding carboxylic acids is 1. The molecule has 2 aromatic carbocycles. The molecule has 32 heavy (non-hydrogen) atoms. The maximum absolute atomic E-state index is 12.0. The van der Waals surface area contributed by atoms with Gasteiger partial charge in [-0.05, 0) is 42.0 Å². The van der Waals surface area contributed by atoms with E-state index in [1.165, 1.54) is 0 Å². The number of hydrogen-bond donors (Lipinski definition) is 2. The van der Waals surface area contributed by atoms with Gasteiger partial charge in [-0.15, -0.1) is 0 Å². The Morgan fingerprint density at radius 3 is 2.66 bits per heavy atom. The monoisotopic (exact) mass is 434 g/mol. The molecule has 1 fully saturated rings. The van der Waals surface area contributed by atoms with E-state index in [1.54, 1.807) is 19.4 Å². The van der Waals surface area contributed by atoms with Crippen LogP contribution >= 0.6 is 0 Å². The van der Waals surface area contributed by atoms with Crippen molar-refractivity contribution in [3.63, 3.8) is 0 Å². The zero-order valence-electron chi connectivity index (χ0n) is 18.4. The Morgan fingerprint density at radius 2 is 1.88 bits per heavy atom.